The second kappa shape index (κ2) is 14.3. The first-order valence-electron chi connectivity index (χ1n) is 12.0. The zero-order chi connectivity index (χ0) is 28.4. The number of ether oxygens (including phenoxy) is 1. The van der Waals surface area contributed by atoms with E-state index >= 15 is 0 Å². The number of rotatable bonds is 12. The van der Waals surface area contributed by atoms with Crippen LogP contribution in [0.2, 0.25) is 5.02 Å². The van der Waals surface area contributed by atoms with E-state index in [0.717, 1.165) is 0 Å². The molecule has 0 unspecified atom stereocenters. The van der Waals surface area contributed by atoms with Gasteiger partial charge in [-0.2, -0.15) is 0 Å². The fourth-order valence-electron chi connectivity index (χ4n) is 3.75. The van der Waals surface area contributed by atoms with Crippen molar-refractivity contribution in [2.45, 2.75) is 32.4 Å². The molecule has 3 amide bonds. The molecule has 0 saturated carbocycles. The molecule has 39 heavy (non-hydrogen) atoms. The van der Waals surface area contributed by atoms with Crippen LogP contribution in [0.15, 0.2) is 48.7 Å². The maximum absolute atomic E-state index is 13.8. The quantitative estimate of drug-likeness (QED) is 0.196. The predicted molar refractivity (Wildman–Crippen MR) is 141 cm³/mol. The number of nitrogens with one attached hydrogen (secondary N) is 3. The average molecular weight is 564 g/mol. The Labute approximate surface area is 228 Å². The van der Waals surface area contributed by atoms with Gasteiger partial charge < -0.3 is 15.2 Å². The van der Waals surface area contributed by atoms with Crippen LogP contribution in [0, 0.1) is 11.6 Å². The zero-order valence-electron chi connectivity index (χ0n) is 21.0. The normalized spacial score (nSPS) is 11.6. The first-order valence-corrected chi connectivity index (χ1v) is 12.4. The summed E-state index contributed by atoms with van der Waals surface area (Å²) in [7, 11) is 0. The standard InChI is InChI=1S/C26H28ClF2N5O5/c1-16(36)34(32-13-18-4-2-6-22(29)25(18)27)21(5-3-9-30-24(37)14-35)15-39-26(38)33-23-11-19-10-20(28)8-7-17(19)12-31-23/h2,4,6-8,10-12,21,32,35H,3,5,9,13-15H2,1H3,(H,30,37)(H,31,33,38)/t21-/m0/s1. The Bertz CT molecular complexity index is 1330. The lowest BCUT2D eigenvalue weighted by atomic mass is 10.1. The second-order valence-corrected chi connectivity index (χ2v) is 8.90. The molecule has 2 aromatic carbocycles. The van der Waals surface area contributed by atoms with E-state index in [0.29, 0.717) is 22.8 Å². The van der Waals surface area contributed by atoms with Crippen molar-refractivity contribution in [3.05, 3.63) is 70.9 Å². The molecule has 0 radical (unpaired) electrons. The Morgan fingerprint density at radius 3 is 2.69 bits per heavy atom. The summed E-state index contributed by atoms with van der Waals surface area (Å²) in [4.78, 5) is 40.4. The van der Waals surface area contributed by atoms with Gasteiger partial charge in [0.25, 0.3) is 0 Å². The van der Waals surface area contributed by atoms with Crippen molar-refractivity contribution in [3.63, 3.8) is 0 Å². The lowest BCUT2D eigenvalue weighted by molar-refractivity contribution is -0.136. The van der Waals surface area contributed by atoms with Gasteiger partial charge in [-0.25, -0.2) is 24.0 Å². The number of hydrogen-bond donors (Lipinski definition) is 4. The number of aliphatic hydroxyl groups is 1. The maximum Gasteiger partial charge on any atom is 0.412 e. The minimum absolute atomic E-state index is 0.0116. The Morgan fingerprint density at radius 1 is 1.15 bits per heavy atom. The van der Waals surface area contributed by atoms with E-state index in [4.69, 9.17) is 21.4 Å². The van der Waals surface area contributed by atoms with Crippen LogP contribution in [0.4, 0.5) is 19.4 Å². The summed E-state index contributed by atoms with van der Waals surface area (Å²) >= 11 is 6.02. The van der Waals surface area contributed by atoms with E-state index in [1.54, 1.807) is 12.1 Å². The monoisotopic (exact) mass is 563 g/mol. The number of amides is 3. The van der Waals surface area contributed by atoms with Crippen molar-refractivity contribution in [3.8, 4) is 0 Å². The summed E-state index contributed by atoms with van der Waals surface area (Å²) in [6.07, 6.45) is 1.29. The van der Waals surface area contributed by atoms with Gasteiger partial charge in [0.1, 0.15) is 30.7 Å². The highest BCUT2D eigenvalue weighted by atomic mass is 35.5. The Hall–Kier alpha value is -3.87. The molecule has 3 rings (SSSR count). The number of aromatic nitrogens is 1. The summed E-state index contributed by atoms with van der Waals surface area (Å²) in [5, 5.41) is 16.2. The van der Waals surface area contributed by atoms with E-state index in [-0.39, 0.29) is 37.0 Å². The van der Waals surface area contributed by atoms with Crippen LogP contribution >= 0.6 is 11.6 Å². The van der Waals surface area contributed by atoms with E-state index in [1.165, 1.54) is 48.5 Å². The number of carbonyl (C=O) groups excluding carboxylic acids is 3. The first-order chi connectivity index (χ1) is 18.7. The third-order valence-electron chi connectivity index (χ3n) is 5.68. The Kier molecular flexibility index (Phi) is 10.9. The molecular formula is C26H28ClF2N5O5. The molecule has 4 N–H and O–H groups in total. The summed E-state index contributed by atoms with van der Waals surface area (Å²) in [6.45, 7) is 0.626. The topological polar surface area (TPSA) is 133 Å². The molecule has 3 aromatic rings. The van der Waals surface area contributed by atoms with Gasteiger partial charge in [-0.15, -0.1) is 0 Å². The molecule has 208 valence electrons. The highest BCUT2D eigenvalue weighted by molar-refractivity contribution is 6.31. The SMILES string of the molecule is CC(=O)N(NCc1cccc(F)c1Cl)[C@@H](CCCNC(=O)CO)COC(=O)Nc1cc2cc(F)ccc2cn1. The van der Waals surface area contributed by atoms with Crippen molar-refractivity contribution in [2.24, 2.45) is 0 Å². The van der Waals surface area contributed by atoms with Crippen LogP contribution in [0.3, 0.4) is 0 Å². The number of anilines is 1. The number of nitrogens with zero attached hydrogens (tertiary/aromatic N) is 2. The van der Waals surface area contributed by atoms with Gasteiger partial charge in [0.05, 0.1) is 11.1 Å². The Morgan fingerprint density at radius 2 is 1.95 bits per heavy atom. The molecule has 0 aliphatic carbocycles. The minimum Gasteiger partial charge on any atom is -0.447 e. The minimum atomic E-state index is -0.853. The predicted octanol–water partition coefficient (Wildman–Crippen LogP) is 3.53. The zero-order valence-corrected chi connectivity index (χ0v) is 21.8. The van der Waals surface area contributed by atoms with E-state index in [1.807, 2.05) is 0 Å². The van der Waals surface area contributed by atoms with Crippen LogP contribution < -0.4 is 16.1 Å². The van der Waals surface area contributed by atoms with Crippen molar-refractivity contribution < 1.29 is 33.0 Å². The van der Waals surface area contributed by atoms with Gasteiger partial charge in [0.2, 0.25) is 11.8 Å². The summed E-state index contributed by atoms with van der Waals surface area (Å²) in [5.41, 5.74) is 3.32. The largest absolute Gasteiger partial charge is 0.447 e. The average Bonchev–Trinajstić information content (AvgIpc) is 2.90. The van der Waals surface area contributed by atoms with Gasteiger partial charge in [0.15, 0.2) is 0 Å². The van der Waals surface area contributed by atoms with Crippen LogP contribution in [-0.2, 0) is 20.9 Å². The summed E-state index contributed by atoms with van der Waals surface area (Å²) in [6, 6.07) is 9.28. The lowest BCUT2D eigenvalue weighted by Crippen LogP contribution is -2.50. The molecule has 10 nitrogen and oxygen atoms in total. The number of halogens is 3. The third-order valence-corrected chi connectivity index (χ3v) is 6.10. The highest BCUT2D eigenvalue weighted by Crippen LogP contribution is 2.20. The molecule has 1 aromatic heterocycles. The van der Waals surface area contributed by atoms with Gasteiger partial charge in [-0.05, 0) is 54.1 Å². The molecule has 0 aliphatic rings. The number of benzene rings is 2. The second-order valence-electron chi connectivity index (χ2n) is 8.53. The molecule has 13 heteroatoms. The van der Waals surface area contributed by atoms with E-state index < -0.39 is 42.2 Å². The number of hydrazine groups is 1. The Balaban J connectivity index is 1.67. The number of aliphatic hydroxyl groups excluding tert-OH is 1. The van der Waals surface area contributed by atoms with Gasteiger partial charge in [-0.1, -0.05) is 23.7 Å². The fraction of sp³-hybridized carbons (Fsp3) is 0.308. The number of carbonyl (C=O) groups is 3. The number of pyridine rings is 1. The number of fused-ring (bicyclic) bond motifs is 1. The van der Waals surface area contributed by atoms with Gasteiger partial charge in [-0.3, -0.25) is 19.9 Å². The van der Waals surface area contributed by atoms with E-state index in [2.05, 4.69) is 21.0 Å². The lowest BCUT2D eigenvalue weighted by Gasteiger charge is -2.31. The van der Waals surface area contributed by atoms with Crippen LogP contribution in [-0.4, -0.2) is 58.8 Å². The summed E-state index contributed by atoms with van der Waals surface area (Å²) in [5.74, 6) is -1.85. The molecule has 1 heterocycles. The first kappa shape index (κ1) is 29.7. The van der Waals surface area contributed by atoms with Crippen molar-refractivity contribution in [2.75, 3.05) is 25.1 Å². The highest BCUT2D eigenvalue weighted by Gasteiger charge is 2.23. The maximum atomic E-state index is 13.8. The van der Waals surface area contributed by atoms with Crippen molar-refractivity contribution in [1.82, 2.24) is 20.7 Å². The van der Waals surface area contributed by atoms with Crippen LogP contribution in [0.5, 0.6) is 0 Å². The molecule has 0 bridgehead atoms. The molecule has 0 aliphatic heterocycles. The van der Waals surface area contributed by atoms with Crippen molar-refractivity contribution in [1.29, 1.82) is 0 Å². The third kappa shape index (κ3) is 8.84. The van der Waals surface area contributed by atoms with Gasteiger partial charge in [0, 0.05) is 31.6 Å². The summed E-state index contributed by atoms with van der Waals surface area (Å²) < 4.78 is 32.7. The molecular weight excluding hydrogens is 536 g/mol. The number of hydrogen-bond acceptors (Lipinski definition) is 7. The fourth-order valence-corrected chi connectivity index (χ4v) is 3.95. The smallest absolute Gasteiger partial charge is 0.412 e. The van der Waals surface area contributed by atoms with Crippen LogP contribution in [0.1, 0.15) is 25.3 Å². The van der Waals surface area contributed by atoms with E-state index in [9.17, 15) is 23.2 Å². The van der Waals surface area contributed by atoms with Crippen LogP contribution in [0.25, 0.3) is 10.8 Å². The molecule has 1 atom stereocenters. The molecule has 0 fully saturated rings. The van der Waals surface area contributed by atoms with Gasteiger partial charge >= 0.3 is 6.09 Å². The molecule has 0 spiro atoms. The van der Waals surface area contributed by atoms with Crippen molar-refractivity contribution >= 4 is 46.1 Å². The molecule has 0 saturated heterocycles.